The van der Waals surface area contributed by atoms with Crippen LogP contribution in [-0.4, -0.2) is 23.4 Å². The molecule has 0 bridgehead atoms. The summed E-state index contributed by atoms with van der Waals surface area (Å²) in [5.41, 5.74) is 6.82. The van der Waals surface area contributed by atoms with Crippen molar-refractivity contribution in [1.29, 1.82) is 0 Å². The zero-order valence-corrected chi connectivity index (χ0v) is 11.1. The van der Waals surface area contributed by atoms with Gasteiger partial charge < -0.3 is 10.6 Å². The van der Waals surface area contributed by atoms with E-state index in [4.69, 9.17) is 5.73 Å². The Hall–Kier alpha value is -0.870. The molecule has 1 fully saturated rings. The van der Waals surface area contributed by atoms with Crippen molar-refractivity contribution in [2.24, 2.45) is 5.73 Å². The lowest BCUT2D eigenvalue weighted by atomic mass is 9.81. The van der Waals surface area contributed by atoms with Gasteiger partial charge in [-0.25, -0.2) is 0 Å². The molecule has 0 saturated heterocycles. The van der Waals surface area contributed by atoms with Crippen LogP contribution in [0.25, 0.3) is 0 Å². The van der Waals surface area contributed by atoms with E-state index in [2.05, 4.69) is 11.4 Å². The van der Waals surface area contributed by atoms with Crippen LogP contribution in [-0.2, 0) is 11.3 Å². The third kappa shape index (κ3) is 2.87. The Labute approximate surface area is 107 Å². The van der Waals surface area contributed by atoms with Gasteiger partial charge in [0.1, 0.15) is 0 Å². The minimum absolute atomic E-state index is 0.100. The van der Waals surface area contributed by atoms with Crippen LogP contribution in [0.3, 0.4) is 0 Å². The Morgan fingerprint density at radius 1 is 1.47 bits per heavy atom. The fourth-order valence-electron chi connectivity index (χ4n) is 2.50. The van der Waals surface area contributed by atoms with Crippen molar-refractivity contribution in [2.75, 3.05) is 7.05 Å². The molecule has 94 valence electrons. The van der Waals surface area contributed by atoms with Crippen molar-refractivity contribution >= 4 is 17.2 Å². The van der Waals surface area contributed by atoms with Crippen LogP contribution in [0.2, 0.25) is 0 Å². The standard InChI is InChI=1S/C13H20N2OS/c1-15(9-11-5-8-17-10-11)12(16)13(14)6-3-2-4-7-13/h5,8,10H,2-4,6-7,9,14H2,1H3. The van der Waals surface area contributed by atoms with Gasteiger partial charge in [0.25, 0.3) is 0 Å². The van der Waals surface area contributed by atoms with Gasteiger partial charge in [-0.15, -0.1) is 0 Å². The molecule has 2 rings (SSSR count). The second-order valence-corrected chi connectivity index (χ2v) is 5.79. The van der Waals surface area contributed by atoms with Crippen LogP contribution in [0.4, 0.5) is 0 Å². The number of nitrogens with two attached hydrogens (primary N) is 1. The highest BCUT2D eigenvalue weighted by atomic mass is 32.1. The van der Waals surface area contributed by atoms with E-state index >= 15 is 0 Å². The average Bonchev–Trinajstić information content (AvgIpc) is 2.81. The van der Waals surface area contributed by atoms with Crippen molar-refractivity contribution < 1.29 is 4.79 Å². The Kier molecular flexibility index (Phi) is 3.84. The van der Waals surface area contributed by atoms with Crippen molar-refractivity contribution in [2.45, 2.75) is 44.2 Å². The summed E-state index contributed by atoms with van der Waals surface area (Å²) in [5.74, 6) is 0.100. The van der Waals surface area contributed by atoms with E-state index in [0.717, 1.165) is 25.7 Å². The van der Waals surface area contributed by atoms with Crippen LogP contribution in [0.1, 0.15) is 37.7 Å². The lowest BCUT2D eigenvalue weighted by molar-refractivity contribution is -0.137. The van der Waals surface area contributed by atoms with Crippen LogP contribution in [0.15, 0.2) is 16.8 Å². The highest BCUT2D eigenvalue weighted by Gasteiger charge is 2.37. The van der Waals surface area contributed by atoms with Crippen molar-refractivity contribution in [3.05, 3.63) is 22.4 Å². The van der Waals surface area contributed by atoms with Gasteiger partial charge in [0, 0.05) is 13.6 Å². The Morgan fingerprint density at radius 3 is 2.76 bits per heavy atom. The zero-order valence-electron chi connectivity index (χ0n) is 10.3. The Morgan fingerprint density at radius 2 is 2.18 bits per heavy atom. The van der Waals surface area contributed by atoms with Crippen molar-refractivity contribution in [3.63, 3.8) is 0 Å². The zero-order chi connectivity index (χ0) is 12.3. The second-order valence-electron chi connectivity index (χ2n) is 5.01. The minimum Gasteiger partial charge on any atom is -0.340 e. The van der Waals surface area contributed by atoms with Crippen LogP contribution in [0.5, 0.6) is 0 Å². The summed E-state index contributed by atoms with van der Waals surface area (Å²) >= 11 is 1.66. The summed E-state index contributed by atoms with van der Waals surface area (Å²) in [4.78, 5) is 14.1. The van der Waals surface area contributed by atoms with Gasteiger partial charge >= 0.3 is 0 Å². The molecular weight excluding hydrogens is 232 g/mol. The molecule has 0 unspecified atom stereocenters. The smallest absolute Gasteiger partial charge is 0.242 e. The van der Waals surface area contributed by atoms with Gasteiger partial charge in [0.05, 0.1) is 5.54 Å². The molecule has 0 aromatic carbocycles. The first-order valence-corrected chi connectivity index (χ1v) is 7.12. The summed E-state index contributed by atoms with van der Waals surface area (Å²) < 4.78 is 0. The number of thiophene rings is 1. The topological polar surface area (TPSA) is 46.3 Å². The monoisotopic (exact) mass is 252 g/mol. The van der Waals surface area contributed by atoms with E-state index in [1.165, 1.54) is 12.0 Å². The fourth-order valence-corrected chi connectivity index (χ4v) is 3.16. The largest absolute Gasteiger partial charge is 0.340 e. The van der Waals surface area contributed by atoms with Crippen LogP contribution < -0.4 is 5.73 Å². The SMILES string of the molecule is CN(Cc1ccsc1)C(=O)C1(N)CCCCC1. The van der Waals surface area contributed by atoms with Crippen LogP contribution in [0, 0.1) is 0 Å². The summed E-state index contributed by atoms with van der Waals surface area (Å²) in [6.45, 7) is 0.668. The molecule has 1 aliphatic rings. The minimum atomic E-state index is -0.608. The highest BCUT2D eigenvalue weighted by Crippen LogP contribution is 2.27. The maximum Gasteiger partial charge on any atom is 0.242 e. The van der Waals surface area contributed by atoms with E-state index in [-0.39, 0.29) is 5.91 Å². The third-order valence-electron chi connectivity index (χ3n) is 3.52. The summed E-state index contributed by atoms with van der Waals surface area (Å²) in [6, 6.07) is 2.05. The second kappa shape index (κ2) is 5.19. The molecule has 1 saturated carbocycles. The lowest BCUT2D eigenvalue weighted by Crippen LogP contribution is -2.55. The van der Waals surface area contributed by atoms with Gasteiger partial charge in [-0.3, -0.25) is 4.79 Å². The quantitative estimate of drug-likeness (QED) is 0.897. The molecule has 0 aliphatic heterocycles. The molecule has 3 nitrogen and oxygen atoms in total. The number of carbonyl (C=O) groups is 1. The number of amides is 1. The van der Waals surface area contributed by atoms with E-state index in [0.29, 0.717) is 6.54 Å². The van der Waals surface area contributed by atoms with E-state index in [1.54, 1.807) is 16.2 Å². The first-order chi connectivity index (χ1) is 8.12. The molecule has 4 heteroatoms. The molecule has 1 heterocycles. The summed E-state index contributed by atoms with van der Waals surface area (Å²) in [6.07, 6.45) is 5.03. The molecular formula is C13H20N2OS. The first-order valence-electron chi connectivity index (χ1n) is 6.17. The number of rotatable bonds is 3. The van der Waals surface area contributed by atoms with Gasteiger partial charge in [-0.2, -0.15) is 11.3 Å². The number of hydrogen-bond acceptors (Lipinski definition) is 3. The van der Waals surface area contributed by atoms with Gasteiger partial charge in [-0.05, 0) is 35.2 Å². The third-order valence-corrected chi connectivity index (χ3v) is 4.25. The average molecular weight is 252 g/mol. The van der Waals surface area contributed by atoms with E-state index in [9.17, 15) is 4.79 Å². The van der Waals surface area contributed by atoms with Gasteiger partial charge in [-0.1, -0.05) is 19.3 Å². The van der Waals surface area contributed by atoms with Crippen molar-refractivity contribution in [1.82, 2.24) is 4.90 Å². The predicted molar refractivity (Wildman–Crippen MR) is 70.8 cm³/mol. The van der Waals surface area contributed by atoms with Gasteiger partial charge in [0.15, 0.2) is 0 Å². The number of nitrogens with zero attached hydrogens (tertiary/aromatic N) is 1. The lowest BCUT2D eigenvalue weighted by Gasteiger charge is -2.35. The van der Waals surface area contributed by atoms with E-state index < -0.39 is 5.54 Å². The maximum atomic E-state index is 12.4. The normalized spacial score (nSPS) is 18.9. The predicted octanol–water partition coefficient (Wildman–Crippen LogP) is 2.37. The Bertz CT molecular complexity index is 369. The molecule has 0 atom stereocenters. The van der Waals surface area contributed by atoms with Crippen LogP contribution >= 0.6 is 11.3 Å². The number of likely N-dealkylation sites (N-methyl/N-ethyl adjacent to an activating group) is 1. The van der Waals surface area contributed by atoms with E-state index in [1.807, 2.05) is 12.4 Å². The van der Waals surface area contributed by atoms with Crippen molar-refractivity contribution in [3.8, 4) is 0 Å². The molecule has 1 aliphatic carbocycles. The Balaban J connectivity index is 1.98. The summed E-state index contributed by atoms with van der Waals surface area (Å²) in [7, 11) is 1.85. The highest BCUT2D eigenvalue weighted by molar-refractivity contribution is 7.07. The fraction of sp³-hybridized carbons (Fsp3) is 0.615. The number of hydrogen-bond donors (Lipinski definition) is 1. The first kappa shape index (κ1) is 12.6. The summed E-state index contributed by atoms with van der Waals surface area (Å²) in [5, 5.41) is 4.11. The molecule has 1 amide bonds. The number of carbonyl (C=O) groups excluding carboxylic acids is 1. The molecule has 2 N–H and O–H groups in total. The van der Waals surface area contributed by atoms with Gasteiger partial charge in [0.2, 0.25) is 5.91 Å². The molecule has 0 spiro atoms. The maximum absolute atomic E-state index is 12.4. The molecule has 1 aromatic heterocycles. The molecule has 1 aromatic rings. The molecule has 0 radical (unpaired) electrons. The molecule has 17 heavy (non-hydrogen) atoms.